The van der Waals surface area contributed by atoms with Crippen molar-refractivity contribution in [3.05, 3.63) is 35.7 Å². The van der Waals surface area contributed by atoms with Crippen LogP contribution in [0.15, 0.2) is 24.4 Å². The number of nitrogens with zero attached hydrogens (tertiary/aromatic N) is 1. The molecule has 0 bridgehead atoms. The van der Waals surface area contributed by atoms with Gasteiger partial charge in [-0.3, -0.25) is 14.6 Å². The molecule has 0 saturated heterocycles. The zero-order valence-corrected chi connectivity index (χ0v) is 15.2. The van der Waals surface area contributed by atoms with Crippen molar-refractivity contribution < 1.29 is 14.7 Å². The lowest BCUT2D eigenvalue weighted by molar-refractivity contribution is -0.137. The first-order chi connectivity index (χ1) is 12.1. The highest BCUT2D eigenvalue weighted by Crippen LogP contribution is 2.09. The van der Waals surface area contributed by atoms with Crippen molar-refractivity contribution in [2.24, 2.45) is 0 Å². The van der Waals surface area contributed by atoms with E-state index in [4.69, 9.17) is 5.11 Å². The molecular formula is C20H30N2O3. The molecule has 25 heavy (non-hydrogen) atoms. The fourth-order valence-electron chi connectivity index (χ4n) is 2.43. The van der Waals surface area contributed by atoms with Crippen molar-refractivity contribution in [1.82, 2.24) is 10.3 Å². The summed E-state index contributed by atoms with van der Waals surface area (Å²) in [6.07, 6.45) is 15.2. The summed E-state index contributed by atoms with van der Waals surface area (Å²) in [5.74, 6) is -1.13. The molecular weight excluding hydrogens is 316 g/mol. The number of hydrogen-bond acceptors (Lipinski definition) is 3. The van der Waals surface area contributed by atoms with E-state index in [1.165, 1.54) is 38.5 Å². The summed E-state index contributed by atoms with van der Waals surface area (Å²) in [6.45, 7) is 2.57. The number of amides is 1. The highest BCUT2D eigenvalue weighted by atomic mass is 16.4. The molecule has 0 saturated carbocycles. The Hall–Kier alpha value is -2.17. The number of unbranched alkanes of at least 4 members (excludes halogenated alkanes) is 6. The van der Waals surface area contributed by atoms with E-state index in [0.29, 0.717) is 18.7 Å². The summed E-state index contributed by atoms with van der Waals surface area (Å²) in [4.78, 5) is 26.4. The monoisotopic (exact) mass is 346 g/mol. The summed E-state index contributed by atoms with van der Waals surface area (Å²) < 4.78 is 0. The Labute approximate surface area is 150 Å². The van der Waals surface area contributed by atoms with Gasteiger partial charge in [0.25, 0.3) is 5.91 Å². The third-order valence-corrected chi connectivity index (χ3v) is 3.91. The minimum Gasteiger partial charge on any atom is -0.481 e. The van der Waals surface area contributed by atoms with Gasteiger partial charge in [-0.25, -0.2) is 0 Å². The van der Waals surface area contributed by atoms with Crippen LogP contribution in [0, 0.1) is 0 Å². The summed E-state index contributed by atoms with van der Waals surface area (Å²) in [5, 5.41) is 11.2. The topological polar surface area (TPSA) is 79.3 Å². The average molecular weight is 346 g/mol. The van der Waals surface area contributed by atoms with Gasteiger partial charge in [-0.2, -0.15) is 0 Å². The number of carbonyl (C=O) groups excluding carboxylic acids is 1. The number of rotatable bonds is 13. The van der Waals surface area contributed by atoms with Gasteiger partial charge in [-0.1, -0.05) is 57.2 Å². The molecule has 1 amide bonds. The van der Waals surface area contributed by atoms with E-state index >= 15 is 0 Å². The minimum absolute atomic E-state index is 0.0516. The van der Waals surface area contributed by atoms with Gasteiger partial charge in [-0.05, 0) is 30.9 Å². The number of aromatic nitrogens is 1. The predicted molar refractivity (Wildman–Crippen MR) is 100 cm³/mol. The first kappa shape index (κ1) is 20.9. The average Bonchev–Trinajstić information content (AvgIpc) is 2.61. The van der Waals surface area contributed by atoms with Gasteiger partial charge in [0.15, 0.2) is 0 Å². The van der Waals surface area contributed by atoms with Crippen LogP contribution in [0.4, 0.5) is 0 Å². The van der Waals surface area contributed by atoms with Crippen LogP contribution < -0.4 is 5.32 Å². The standard InChI is InChI=1S/C20H30N2O3/c1-2-3-4-5-6-7-8-9-11-17-13-14-18(22-16-17)20(25)21-15-10-12-19(23)24/h9,11,13-14,16H,2-8,10,12,15H2,1H3,(H,21,25)(H,23,24)/b11-9+. The van der Waals surface area contributed by atoms with Crippen LogP contribution in [-0.4, -0.2) is 28.5 Å². The van der Waals surface area contributed by atoms with Gasteiger partial charge in [0, 0.05) is 19.2 Å². The lowest BCUT2D eigenvalue weighted by Crippen LogP contribution is -2.25. The van der Waals surface area contributed by atoms with Crippen molar-refractivity contribution in [3.8, 4) is 0 Å². The molecule has 0 spiro atoms. The molecule has 2 N–H and O–H groups in total. The summed E-state index contributed by atoms with van der Waals surface area (Å²) in [5.41, 5.74) is 1.33. The first-order valence-corrected chi connectivity index (χ1v) is 9.26. The zero-order chi connectivity index (χ0) is 18.3. The molecule has 1 aromatic rings. The van der Waals surface area contributed by atoms with Crippen molar-refractivity contribution >= 4 is 18.0 Å². The molecule has 0 aromatic carbocycles. The molecule has 1 rings (SSSR count). The van der Waals surface area contributed by atoms with E-state index in [0.717, 1.165) is 12.0 Å². The molecule has 0 aliphatic rings. The van der Waals surface area contributed by atoms with Crippen LogP contribution in [0.5, 0.6) is 0 Å². The lowest BCUT2D eigenvalue weighted by Gasteiger charge is -2.03. The van der Waals surface area contributed by atoms with Crippen molar-refractivity contribution in [3.63, 3.8) is 0 Å². The van der Waals surface area contributed by atoms with E-state index in [9.17, 15) is 9.59 Å². The van der Waals surface area contributed by atoms with Gasteiger partial charge in [0.1, 0.15) is 5.69 Å². The number of pyridine rings is 1. The molecule has 0 atom stereocenters. The van der Waals surface area contributed by atoms with Crippen molar-refractivity contribution in [1.29, 1.82) is 0 Å². The number of aliphatic carboxylic acids is 1. The number of allylic oxidation sites excluding steroid dienone is 1. The Morgan fingerprint density at radius 1 is 1.12 bits per heavy atom. The van der Waals surface area contributed by atoms with E-state index < -0.39 is 5.97 Å². The van der Waals surface area contributed by atoms with E-state index in [1.54, 1.807) is 12.3 Å². The highest BCUT2D eigenvalue weighted by molar-refractivity contribution is 5.92. The normalized spacial score (nSPS) is 10.9. The minimum atomic E-state index is -0.857. The largest absolute Gasteiger partial charge is 0.481 e. The van der Waals surface area contributed by atoms with Crippen molar-refractivity contribution in [2.45, 2.75) is 64.7 Å². The van der Waals surface area contributed by atoms with Gasteiger partial charge >= 0.3 is 5.97 Å². The third kappa shape index (κ3) is 10.3. The zero-order valence-electron chi connectivity index (χ0n) is 15.2. The highest BCUT2D eigenvalue weighted by Gasteiger charge is 2.06. The molecule has 0 radical (unpaired) electrons. The molecule has 138 valence electrons. The van der Waals surface area contributed by atoms with Crippen LogP contribution >= 0.6 is 0 Å². The molecule has 1 heterocycles. The van der Waals surface area contributed by atoms with Crippen molar-refractivity contribution in [2.75, 3.05) is 6.54 Å². The second-order valence-corrected chi connectivity index (χ2v) is 6.19. The Kier molecular flexibility index (Phi) is 11.0. The first-order valence-electron chi connectivity index (χ1n) is 9.26. The summed E-state index contributed by atoms with van der Waals surface area (Å²) >= 11 is 0. The maximum absolute atomic E-state index is 11.9. The number of carboxylic acids is 1. The Morgan fingerprint density at radius 2 is 1.88 bits per heavy atom. The smallest absolute Gasteiger partial charge is 0.303 e. The fourth-order valence-corrected chi connectivity index (χ4v) is 2.43. The van der Waals surface area contributed by atoms with Gasteiger partial charge in [0.2, 0.25) is 0 Å². The van der Waals surface area contributed by atoms with Gasteiger partial charge in [0.05, 0.1) is 0 Å². The molecule has 0 aliphatic carbocycles. The number of nitrogens with one attached hydrogen (secondary N) is 1. The number of carboxylic acid groups (broad SMARTS) is 1. The van der Waals surface area contributed by atoms with Crippen LogP contribution in [0.1, 0.15) is 80.8 Å². The molecule has 0 aliphatic heterocycles. The van der Waals surface area contributed by atoms with E-state index in [1.807, 2.05) is 12.1 Å². The lowest BCUT2D eigenvalue weighted by atomic mass is 10.1. The van der Waals surface area contributed by atoms with Gasteiger partial charge < -0.3 is 10.4 Å². The molecule has 1 aromatic heterocycles. The Bertz CT molecular complexity index is 538. The van der Waals surface area contributed by atoms with E-state index in [-0.39, 0.29) is 12.3 Å². The summed E-state index contributed by atoms with van der Waals surface area (Å²) in [6, 6.07) is 3.56. The maximum atomic E-state index is 11.9. The predicted octanol–water partition coefficient (Wildman–Crippen LogP) is 4.44. The molecule has 0 unspecified atom stereocenters. The molecule has 5 heteroatoms. The van der Waals surface area contributed by atoms with E-state index in [2.05, 4.69) is 23.3 Å². The van der Waals surface area contributed by atoms with Crippen LogP contribution in [0.3, 0.4) is 0 Å². The molecule has 5 nitrogen and oxygen atoms in total. The third-order valence-electron chi connectivity index (χ3n) is 3.91. The SMILES string of the molecule is CCCCCCCC/C=C/c1ccc(C(=O)NCCCC(=O)O)nc1. The number of carbonyl (C=O) groups is 2. The fraction of sp³-hybridized carbons (Fsp3) is 0.550. The molecule has 0 fully saturated rings. The second-order valence-electron chi connectivity index (χ2n) is 6.19. The van der Waals surface area contributed by atoms with Crippen LogP contribution in [0.25, 0.3) is 6.08 Å². The van der Waals surface area contributed by atoms with Crippen LogP contribution in [0.2, 0.25) is 0 Å². The second kappa shape index (κ2) is 13.2. The quantitative estimate of drug-likeness (QED) is 0.518. The summed E-state index contributed by atoms with van der Waals surface area (Å²) in [7, 11) is 0. The van der Waals surface area contributed by atoms with Gasteiger partial charge in [-0.15, -0.1) is 0 Å². The maximum Gasteiger partial charge on any atom is 0.303 e. The Balaban J connectivity index is 2.24. The van der Waals surface area contributed by atoms with Crippen LogP contribution in [-0.2, 0) is 4.79 Å². The number of hydrogen-bond donors (Lipinski definition) is 2. The Morgan fingerprint density at radius 3 is 2.56 bits per heavy atom.